The SMILES string of the molecule is CC(C)C1CN(C(=O)c2csc(CN)n2)CCS1.Cl. The number of nitrogens with zero attached hydrogens (tertiary/aromatic N) is 2. The van der Waals surface area contributed by atoms with Gasteiger partial charge in [-0.15, -0.1) is 23.7 Å². The molecule has 1 aliphatic rings. The Morgan fingerprint density at radius 3 is 2.95 bits per heavy atom. The van der Waals surface area contributed by atoms with E-state index >= 15 is 0 Å². The number of thiazole rings is 1. The van der Waals surface area contributed by atoms with Gasteiger partial charge in [0.2, 0.25) is 0 Å². The third-order valence-corrected chi connectivity index (χ3v) is 5.48. The molecular weight excluding hydrogens is 302 g/mol. The first-order valence-electron chi connectivity index (χ1n) is 6.17. The van der Waals surface area contributed by atoms with Crippen molar-refractivity contribution in [1.29, 1.82) is 0 Å². The fourth-order valence-corrected chi connectivity index (χ4v) is 3.88. The standard InChI is InChI=1S/C12H19N3OS2.ClH/c1-8(2)10-6-15(3-4-17-10)12(16)9-7-18-11(5-13)14-9;/h7-8,10H,3-6,13H2,1-2H3;1H. The molecule has 0 radical (unpaired) electrons. The number of nitrogens with two attached hydrogens (primary N) is 1. The van der Waals surface area contributed by atoms with Gasteiger partial charge in [0.05, 0.1) is 0 Å². The first-order chi connectivity index (χ1) is 8.61. The van der Waals surface area contributed by atoms with Crippen LogP contribution in [-0.4, -0.2) is 39.9 Å². The highest BCUT2D eigenvalue weighted by atomic mass is 35.5. The molecule has 1 aliphatic heterocycles. The summed E-state index contributed by atoms with van der Waals surface area (Å²) in [5, 5.41) is 3.18. The van der Waals surface area contributed by atoms with Crippen LogP contribution in [0.1, 0.15) is 29.3 Å². The Labute approximate surface area is 128 Å². The van der Waals surface area contributed by atoms with Gasteiger partial charge in [-0.05, 0) is 5.92 Å². The van der Waals surface area contributed by atoms with Crippen molar-refractivity contribution in [1.82, 2.24) is 9.88 Å². The molecule has 2 rings (SSSR count). The van der Waals surface area contributed by atoms with Crippen molar-refractivity contribution in [2.75, 3.05) is 18.8 Å². The quantitative estimate of drug-likeness (QED) is 0.927. The molecule has 108 valence electrons. The number of hydrogen-bond acceptors (Lipinski definition) is 5. The molecule has 0 saturated carbocycles. The van der Waals surface area contributed by atoms with E-state index in [2.05, 4.69) is 18.8 Å². The minimum Gasteiger partial charge on any atom is -0.335 e. The van der Waals surface area contributed by atoms with Gasteiger partial charge in [-0.3, -0.25) is 4.79 Å². The fourth-order valence-electron chi connectivity index (χ4n) is 1.93. The lowest BCUT2D eigenvalue weighted by Crippen LogP contribution is -2.43. The Hall–Kier alpha value is -0.300. The third kappa shape index (κ3) is 4.08. The van der Waals surface area contributed by atoms with Gasteiger partial charge in [-0.1, -0.05) is 13.8 Å². The second-order valence-corrected chi connectivity index (χ2v) is 7.02. The summed E-state index contributed by atoms with van der Waals surface area (Å²) in [6.45, 7) is 6.48. The van der Waals surface area contributed by atoms with Crippen LogP contribution in [0.5, 0.6) is 0 Å². The number of thioether (sulfide) groups is 1. The van der Waals surface area contributed by atoms with Crippen LogP contribution >= 0.6 is 35.5 Å². The molecule has 1 atom stereocenters. The molecule has 0 spiro atoms. The predicted molar refractivity (Wildman–Crippen MR) is 84.2 cm³/mol. The molecule has 0 bridgehead atoms. The Bertz CT molecular complexity index is 425. The summed E-state index contributed by atoms with van der Waals surface area (Å²) in [6.07, 6.45) is 0. The zero-order valence-corrected chi connectivity index (χ0v) is 13.6. The minimum absolute atomic E-state index is 0. The van der Waals surface area contributed by atoms with Crippen molar-refractivity contribution < 1.29 is 4.79 Å². The molecule has 1 aromatic rings. The minimum atomic E-state index is 0. The van der Waals surface area contributed by atoms with E-state index in [1.807, 2.05) is 22.0 Å². The van der Waals surface area contributed by atoms with Crippen LogP contribution in [-0.2, 0) is 6.54 Å². The Kier molecular flexibility index (Phi) is 6.59. The van der Waals surface area contributed by atoms with Crippen LogP contribution in [0, 0.1) is 5.92 Å². The molecule has 4 nitrogen and oxygen atoms in total. The average Bonchev–Trinajstić information content (AvgIpc) is 2.86. The van der Waals surface area contributed by atoms with E-state index < -0.39 is 0 Å². The topological polar surface area (TPSA) is 59.2 Å². The van der Waals surface area contributed by atoms with Crippen molar-refractivity contribution >= 4 is 41.4 Å². The lowest BCUT2D eigenvalue weighted by Gasteiger charge is -2.34. The van der Waals surface area contributed by atoms with E-state index in [-0.39, 0.29) is 18.3 Å². The number of carbonyl (C=O) groups excluding carboxylic acids is 1. The molecule has 2 heterocycles. The van der Waals surface area contributed by atoms with Crippen molar-refractivity contribution in [2.45, 2.75) is 25.6 Å². The van der Waals surface area contributed by atoms with Gasteiger partial charge in [0.25, 0.3) is 5.91 Å². The highest BCUT2D eigenvalue weighted by Crippen LogP contribution is 2.26. The van der Waals surface area contributed by atoms with Crippen LogP contribution in [0.25, 0.3) is 0 Å². The van der Waals surface area contributed by atoms with E-state index in [1.165, 1.54) is 11.3 Å². The highest BCUT2D eigenvalue weighted by molar-refractivity contribution is 8.00. The van der Waals surface area contributed by atoms with Crippen LogP contribution in [0.15, 0.2) is 5.38 Å². The van der Waals surface area contributed by atoms with Gasteiger partial charge in [0.1, 0.15) is 10.7 Å². The summed E-state index contributed by atoms with van der Waals surface area (Å²) in [4.78, 5) is 18.5. The smallest absolute Gasteiger partial charge is 0.273 e. The van der Waals surface area contributed by atoms with Crippen LogP contribution in [0.2, 0.25) is 0 Å². The predicted octanol–water partition coefficient (Wildman–Crippen LogP) is 2.24. The lowest BCUT2D eigenvalue weighted by atomic mass is 10.1. The number of rotatable bonds is 3. The monoisotopic (exact) mass is 321 g/mol. The highest BCUT2D eigenvalue weighted by Gasteiger charge is 2.27. The van der Waals surface area contributed by atoms with Gasteiger partial charge in [-0.25, -0.2) is 4.98 Å². The zero-order chi connectivity index (χ0) is 13.1. The van der Waals surface area contributed by atoms with Crippen LogP contribution in [0.4, 0.5) is 0 Å². The molecule has 1 unspecified atom stereocenters. The molecule has 1 saturated heterocycles. The molecular formula is C12H20ClN3OS2. The lowest BCUT2D eigenvalue weighted by molar-refractivity contribution is 0.0751. The van der Waals surface area contributed by atoms with Crippen molar-refractivity contribution in [2.24, 2.45) is 11.7 Å². The summed E-state index contributed by atoms with van der Waals surface area (Å²) in [5.74, 6) is 1.67. The zero-order valence-electron chi connectivity index (χ0n) is 11.2. The fraction of sp³-hybridized carbons (Fsp3) is 0.667. The number of amides is 1. The largest absolute Gasteiger partial charge is 0.335 e. The Morgan fingerprint density at radius 2 is 2.37 bits per heavy atom. The first kappa shape index (κ1) is 16.8. The van der Waals surface area contributed by atoms with E-state index in [0.717, 1.165) is 23.8 Å². The van der Waals surface area contributed by atoms with Gasteiger partial charge in [-0.2, -0.15) is 11.8 Å². The van der Waals surface area contributed by atoms with Gasteiger partial charge >= 0.3 is 0 Å². The molecule has 0 aliphatic carbocycles. The van der Waals surface area contributed by atoms with Gasteiger partial charge in [0.15, 0.2) is 0 Å². The summed E-state index contributed by atoms with van der Waals surface area (Å²) < 4.78 is 0. The summed E-state index contributed by atoms with van der Waals surface area (Å²) in [7, 11) is 0. The average molecular weight is 322 g/mol. The molecule has 0 aromatic carbocycles. The van der Waals surface area contributed by atoms with Gasteiger partial charge in [0, 0.05) is 36.0 Å². The van der Waals surface area contributed by atoms with E-state index in [4.69, 9.17) is 5.73 Å². The summed E-state index contributed by atoms with van der Waals surface area (Å²) in [6, 6.07) is 0. The van der Waals surface area contributed by atoms with Crippen LogP contribution in [0.3, 0.4) is 0 Å². The number of carbonyl (C=O) groups is 1. The second-order valence-electron chi connectivity index (χ2n) is 4.74. The van der Waals surface area contributed by atoms with E-state index in [1.54, 1.807) is 0 Å². The van der Waals surface area contributed by atoms with Crippen molar-refractivity contribution in [3.63, 3.8) is 0 Å². The molecule has 1 fully saturated rings. The van der Waals surface area contributed by atoms with E-state index in [0.29, 0.717) is 23.4 Å². The molecule has 1 amide bonds. The van der Waals surface area contributed by atoms with Crippen molar-refractivity contribution in [3.8, 4) is 0 Å². The maximum absolute atomic E-state index is 12.3. The molecule has 2 N–H and O–H groups in total. The molecule has 1 aromatic heterocycles. The normalized spacial score (nSPS) is 19.4. The van der Waals surface area contributed by atoms with Crippen molar-refractivity contribution in [3.05, 3.63) is 16.1 Å². The Morgan fingerprint density at radius 1 is 1.63 bits per heavy atom. The second kappa shape index (κ2) is 7.47. The third-order valence-electron chi connectivity index (χ3n) is 3.07. The van der Waals surface area contributed by atoms with Gasteiger partial charge < -0.3 is 10.6 Å². The Balaban J connectivity index is 0.00000180. The number of halogens is 1. The number of hydrogen-bond donors (Lipinski definition) is 1. The first-order valence-corrected chi connectivity index (χ1v) is 8.10. The summed E-state index contributed by atoms with van der Waals surface area (Å²) >= 11 is 3.43. The maximum atomic E-state index is 12.3. The number of aromatic nitrogens is 1. The summed E-state index contributed by atoms with van der Waals surface area (Å²) in [5.41, 5.74) is 6.07. The molecule has 7 heteroatoms. The van der Waals surface area contributed by atoms with E-state index in [9.17, 15) is 4.79 Å². The van der Waals surface area contributed by atoms with Crippen LogP contribution < -0.4 is 5.73 Å². The molecule has 19 heavy (non-hydrogen) atoms. The maximum Gasteiger partial charge on any atom is 0.273 e.